The molecule has 1 fully saturated rings. The first-order chi connectivity index (χ1) is 11.0. The molecular formula is C18H28N2O3. The number of carbonyl (C=O) groups is 1. The van der Waals surface area contributed by atoms with Crippen molar-refractivity contribution in [3.63, 3.8) is 0 Å². The van der Waals surface area contributed by atoms with Gasteiger partial charge < -0.3 is 20.1 Å². The molecule has 1 aromatic rings. The number of nitrogens with one attached hydrogen (secondary N) is 1. The van der Waals surface area contributed by atoms with Crippen molar-refractivity contribution in [3.05, 3.63) is 29.8 Å². The molecule has 1 saturated carbocycles. The van der Waals surface area contributed by atoms with Crippen molar-refractivity contribution in [3.8, 4) is 5.75 Å². The predicted octanol–water partition coefficient (Wildman–Crippen LogP) is 2.78. The maximum Gasteiger partial charge on any atom is 0.317 e. The van der Waals surface area contributed by atoms with Crippen molar-refractivity contribution < 1.29 is 14.6 Å². The van der Waals surface area contributed by atoms with Crippen molar-refractivity contribution in [2.45, 2.75) is 51.9 Å². The molecule has 128 valence electrons. The Morgan fingerprint density at radius 2 is 2.22 bits per heavy atom. The first-order valence-corrected chi connectivity index (χ1v) is 8.38. The van der Waals surface area contributed by atoms with Crippen molar-refractivity contribution in [2.75, 3.05) is 13.6 Å². The lowest BCUT2D eigenvalue weighted by Gasteiger charge is -2.23. The van der Waals surface area contributed by atoms with E-state index in [1.54, 1.807) is 11.9 Å². The van der Waals surface area contributed by atoms with Gasteiger partial charge in [-0.05, 0) is 44.4 Å². The molecule has 1 aliphatic rings. The van der Waals surface area contributed by atoms with Gasteiger partial charge in [-0.1, -0.05) is 18.6 Å². The van der Waals surface area contributed by atoms with Crippen molar-refractivity contribution in [1.82, 2.24) is 10.2 Å². The lowest BCUT2D eigenvalue weighted by atomic mass is 10.1. The van der Waals surface area contributed by atoms with E-state index in [2.05, 4.69) is 5.32 Å². The highest BCUT2D eigenvalue weighted by atomic mass is 16.5. The van der Waals surface area contributed by atoms with E-state index in [1.165, 1.54) is 0 Å². The zero-order chi connectivity index (χ0) is 16.8. The van der Waals surface area contributed by atoms with E-state index in [4.69, 9.17) is 4.74 Å². The highest BCUT2D eigenvalue weighted by Gasteiger charge is 2.27. The zero-order valence-electron chi connectivity index (χ0n) is 14.3. The Labute approximate surface area is 138 Å². The summed E-state index contributed by atoms with van der Waals surface area (Å²) in [5.41, 5.74) is 1.01. The second-order valence-electron chi connectivity index (χ2n) is 6.61. The van der Waals surface area contributed by atoms with Crippen LogP contribution in [0, 0.1) is 5.92 Å². The molecule has 0 spiro atoms. The molecule has 2 amide bonds. The van der Waals surface area contributed by atoms with Crippen LogP contribution in [-0.4, -0.2) is 41.8 Å². The SMILES string of the molecule is CC(C)Oc1cccc(CNC(=O)N(C)C[C@@H]2CCC[C@@H]2O)c1. The second kappa shape index (κ2) is 8.20. The van der Waals surface area contributed by atoms with Gasteiger partial charge in [0.1, 0.15) is 5.75 Å². The number of benzene rings is 1. The average Bonchev–Trinajstić information content (AvgIpc) is 2.89. The van der Waals surface area contributed by atoms with Gasteiger partial charge in [0, 0.05) is 26.1 Å². The molecule has 0 bridgehead atoms. The zero-order valence-corrected chi connectivity index (χ0v) is 14.3. The van der Waals surface area contributed by atoms with Gasteiger partial charge in [0.15, 0.2) is 0 Å². The number of aliphatic hydroxyl groups is 1. The molecule has 1 aromatic carbocycles. The normalized spacial score (nSPS) is 20.6. The fourth-order valence-corrected chi connectivity index (χ4v) is 2.98. The molecule has 2 N–H and O–H groups in total. The van der Waals surface area contributed by atoms with E-state index in [0.29, 0.717) is 13.1 Å². The van der Waals surface area contributed by atoms with Crippen LogP contribution in [0.2, 0.25) is 0 Å². The first-order valence-electron chi connectivity index (χ1n) is 8.38. The summed E-state index contributed by atoms with van der Waals surface area (Å²) in [6, 6.07) is 7.64. The van der Waals surface area contributed by atoms with Crippen LogP contribution in [0.5, 0.6) is 5.75 Å². The fraction of sp³-hybridized carbons (Fsp3) is 0.611. The molecule has 0 radical (unpaired) electrons. The van der Waals surface area contributed by atoms with Crippen LogP contribution in [-0.2, 0) is 6.54 Å². The Bertz CT molecular complexity index is 519. The molecule has 5 nitrogen and oxygen atoms in total. The Hall–Kier alpha value is -1.75. The van der Waals surface area contributed by atoms with Crippen LogP contribution in [0.1, 0.15) is 38.7 Å². The van der Waals surface area contributed by atoms with Crippen molar-refractivity contribution in [2.24, 2.45) is 5.92 Å². The van der Waals surface area contributed by atoms with Crippen LogP contribution in [0.15, 0.2) is 24.3 Å². The molecular weight excluding hydrogens is 292 g/mol. The number of hydrogen-bond acceptors (Lipinski definition) is 3. The summed E-state index contributed by atoms with van der Waals surface area (Å²) in [4.78, 5) is 13.8. The quantitative estimate of drug-likeness (QED) is 0.847. The summed E-state index contributed by atoms with van der Waals surface area (Å²) in [5, 5.41) is 12.8. The Kier molecular flexibility index (Phi) is 6.28. The third kappa shape index (κ3) is 5.43. The summed E-state index contributed by atoms with van der Waals surface area (Å²) >= 11 is 0. The fourth-order valence-electron chi connectivity index (χ4n) is 2.98. The molecule has 2 rings (SSSR count). The number of hydrogen-bond donors (Lipinski definition) is 2. The molecule has 0 heterocycles. The third-order valence-corrected chi connectivity index (χ3v) is 4.19. The van der Waals surface area contributed by atoms with Gasteiger partial charge in [-0.15, -0.1) is 0 Å². The van der Waals surface area contributed by atoms with E-state index in [9.17, 15) is 9.90 Å². The Morgan fingerprint density at radius 1 is 1.43 bits per heavy atom. The van der Waals surface area contributed by atoms with Crippen molar-refractivity contribution >= 4 is 6.03 Å². The maximum absolute atomic E-state index is 12.2. The number of carbonyl (C=O) groups excluding carboxylic acids is 1. The third-order valence-electron chi connectivity index (χ3n) is 4.19. The van der Waals surface area contributed by atoms with Crippen LogP contribution in [0.25, 0.3) is 0 Å². The highest BCUT2D eigenvalue weighted by Crippen LogP contribution is 2.26. The van der Waals surface area contributed by atoms with Gasteiger partial charge in [-0.2, -0.15) is 0 Å². The molecule has 23 heavy (non-hydrogen) atoms. The summed E-state index contributed by atoms with van der Waals surface area (Å²) in [7, 11) is 1.78. The number of nitrogens with zero attached hydrogens (tertiary/aromatic N) is 1. The van der Waals surface area contributed by atoms with E-state index in [1.807, 2.05) is 38.1 Å². The van der Waals surface area contributed by atoms with Gasteiger partial charge in [0.2, 0.25) is 0 Å². The van der Waals surface area contributed by atoms with E-state index < -0.39 is 0 Å². The van der Waals surface area contributed by atoms with Crippen LogP contribution in [0.4, 0.5) is 4.79 Å². The molecule has 0 saturated heterocycles. The van der Waals surface area contributed by atoms with Gasteiger partial charge in [-0.25, -0.2) is 4.79 Å². The number of amides is 2. The van der Waals surface area contributed by atoms with Crippen LogP contribution in [0.3, 0.4) is 0 Å². The second-order valence-corrected chi connectivity index (χ2v) is 6.61. The van der Waals surface area contributed by atoms with Gasteiger partial charge in [0.25, 0.3) is 0 Å². The topological polar surface area (TPSA) is 61.8 Å². The number of urea groups is 1. The van der Waals surface area contributed by atoms with E-state index in [-0.39, 0.29) is 24.2 Å². The lowest BCUT2D eigenvalue weighted by molar-refractivity contribution is 0.114. The molecule has 5 heteroatoms. The average molecular weight is 320 g/mol. The van der Waals surface area contributed by atoms with Gasteiger partial charge in [-0.3, -0.25) is 0 Å². The number of ether oxygens (including phenoxy) is 1. The molecule has 0 aliphatic heterocycles. The van der Waals surface area contributed by atoms with E-state index in [0.717, 1.165) is 30.6 Å². The number of aliphatic hydroxyl groups excluding tert-OH is 1. The monoisotopic (exact) mass is 320 g/mol. The molecule has 0 aromatic heterocycles. The molecule has 0 unspecified atom stereocenters. The summed E-state index contributed by atoms with van der Waals surface area (Å²) < 4.78 is 5.66. The summed E-state index contributed by atoms with van der Waals surface area (Å²) in [5.74, 6) is 1.02. The highest BCUT2D eigenvalue weighted by molar-refractivity contribution is 5.73. The Morgan fingerprint density at radius 3 is 2.87 bits per heavy atom. The predicted molar refractivity (Wildman–Crippen MR) is 90.4 cm³/mol. The van der Waals surface area contributed by atoms with E-state index >= 15 is 0 Å². The maximum atomic E-state index is 12.2. The van der Waals surface area contributed by atoms with Crippen LogP contribution < -0.4 is 10.1 Å². The standard InChI is InChI=1S/C18H28N2O3/c1-13(2)23-16-8-4-6-14(10-16)11-19-18(22)20(3)12-15-7-5-9-17(15)21/h4,6,8,10,13,15,17,21H,5,7,9,11-12H2,1-3H3,(H,19,22)/t15-,17-/m0/s1. The molecule has 2 atom stereocenters. The minimum absolute atomic E-state index is 0.112. The number of rotatable bonds is 6. The summed E-state index contributed by atoms with van der Waals surface area (Å²) in [6.45, 7) is 5.04. The first kappa shape index (κ1) is 17.6. The largest absolute Gasteiger partial charge is 0.491 e. The minimum Gasteiger partial charge on any atom is -0.491 e. The lowest BCUT2D eigenvalue weighted by Crippen LogP contribution is -2.40. The van der Waals surface area contributed by atoms with Gasteiger partial charge >= 0.3 is 6.03 Å². The minimum atomic E-state index is -0.268. The van der Waals surface area contributed by atoms with Gasteiger partial charge in [0.05, 0.1) is 12.2 Å². The molecule has 1 aliphatic carbocycles. The Balaban J connectivity index is 1.81. The van der Waals surface area contributed by atoms with Crippen molar-refractivity contribution in [1.29, 1.82) is 0 Å². The van der Waals surface area contributed by atoms with Crippen LogP contribution >= 0.6 is 0 Å². The smallest absolute Gasteiger partial charge is 0.317 e. The summed E-state index contributed by atoms with van der Waals surface area (Å²) in [6.07, 6.45) is 2.75.